The van der Waals surface area contributed by atoms with Crippen molar-refractivity contribution in [1.29, 1.82) is 0 Å². The fourth-order valence-electron chi connectivity index (χ4n) is 5.95. The molecule has 22 heavy (non-hydrogen) atoms. The lowest BCUT2D eigenvalue weighted by molar-refractivity contribution is -0.115. The Morgan fingerprint density at radius 2 is 2.09 bits per heavy atom. The molecule has 2 heteroatoms. The molecule has 0 N–H and O–H groups in total. The summed E-state index contributed by atoms with van der Waals surface area (Å²) in [7, 11) is 1.75. The van der Waals surface area contributed by atoms with Crippen molar-refractivity contribution >= 4 is 6.29 Å². The highest BCUT2D eigenvalue weighted by molar-refractivity contribution is 5.56. The smallest absolute Gasteiger partial charge is 0.123 e. The number of hydrogen-bond donors (Lipinski definition) is 0. The average molecular weight is 298 g/mol. The van der Waals surface area contributed by atoms with E-state index in [0.29, 0.717) is 11.8 Å². The number of benzene rings is 1. The number of aldehydes is 1. The monoisotopic (exact) mass is 298 g/mol. The first kappa shape index (κ1) is 14.3. The van der Waals surface area contributed by atoms with Crippen molar-refractivity contribution in [2.45, 2.75) is 51.4 Å². The number of methoxy groups -OCH3 is 1. The number of carbonyl (C=O) groups is 1. The van der Waals surface area contributed by atoms with Crippen molar-refractivity contribution in [3.8, 4) is 5.75 Å². The lowest BCUT2D eigenvalue weighted by Crippen LogP contribution is -2.42. The van der Waals surface area contributed by atoms with Crippen molar-refractivity contribution in [3.63, 3.8) is 0 Å². The number of ether oxygens (including phenoxy) is 1. The summed E-state index contributed by atoms with van der Waals surface area (Å²) in [6.45, 7) is 2.39. The van der Waals surface area contributed by atoms with E-state index in [9.17, 15) is 4.79 Å². The van der Waals surface area contributed by atoms with Crippen LogP contribution in [-0.4, -0.2) is 13.4 Å². The lowest BCUT2D eigenvalue weighted by atomic mass is 9.54. The first-order chi connectivity index (χ1) is 10.7. The van der Waals surface area contributed by atoms with Gasteiger partial charge in [0, 0.05) is 5.92 Å². The van der Waals surface area contributed by atoms with Crippen molar-refractivity contribution in [2.75, 3.05) is 7.11 Å². The van der Waals surface area contributed by atoms with Crippen molar-refractivity contribution in [2.24, 2.45) is 23.2 Å². The molecule has 4 rings (SSSR count). The second-order valence-corrected chi connectivity index (χ2v) is 7.84. The first-order valence-electron chi connectivity index (χ1n) is 8.79. The number of rotatable bonds is 2. The van der Waals surface area contributed by atoms with Crippen LogP contribution in [0.25, 0.3) is 0 Å². The van der Waals surface area contributed by atoms with Gasteiger partial charge in [0.15, 0.2) is 0 Å². The highest BCUT2D eigenvalue weighted by Crippen LogP contribution is 2.62. The van der Waals surface area contributed by atoms with Crippen molar-refractivity contribution in [3.05, 3.63) is 29.3 Å². The molecule has 0 amide bonds. The zero-order valence-electron chi connectivity index (χ0n) is 13.7. The summed E-state index contributed by atoms with van der Waals surface area (Å²) >= 11 is 0. The molecule has 0 saturated heterocycles. The fourth-order valence-corrected chi connectivity index (χ4v) is 5.95. The zero-order chi connectivity index (χ0) is 15.3. The molecule has 1 aromatic carbocycles. The average Bonchev–Trinajstić information content (AvgIpc) is 2.90. The molecule has 0 aromatic heterocycles. The van der Waals surface area contributed by atoms with Crippen LogP contribution >= 0.6 is 0 Å². The van der Waals surface area contributed by atoms with Crippen LogP contribution in [0, 0.1) is 23.2 Å². The van der Waals surface area contributed by atoms with E-state index in [2.05, 4.69) is 25.1 Å². The van der Waals surface area contributed by atoms with Crippen molar-refractivity contribution < 1.29 is 9.53 Å². The summed E-state index contributed by atoms with van der Waals surface area (Å²) in [5, 5.41) is 0. The Bertz CT molecular complexity index is 593. The largest absolute Gasteiger partial charge is 0.497 e. The van der Waals surface area contributed by atoms with E-state index in [1.807, 2.05) is 0 Å². The van der Waals surface area contributed by atoms with E-state index in [1.54, 1.807) is 12.7 Å². The summed E-state index contributed by atoms with van der Waals surface area (Å²) in [5.41, 5.74) is 3.33. The third kappa shape index (κ3) is 1.89. The second-order valence-electron chi connectivity index (χ2n) is 7.84. The van der Waals surface area contributed by atoms with Gasteiger partial charge in [0.2, 0.25) is 0 Å². The number of hydrogen-bond acceptors (Lipinski definition) is 2. The molecule has 3 aliphatic rings. The molecule has 0 spiro atoms. The predicted molar refractivity (Wildman–Crippen MR) is 87.2 cm³/mol. The molecule has 0 radical (unpaired) electrons. The maximum atomic E-state index is 11.5. The molecular weight excluding hydrogens is 272 g/mol. The molecule has 2 nitrogen and oxygen atoms in total. The SMILES string of the molecule is COc1ccc2c(c1)CC[C@@H]1[C@@H]2CC[C@]2(C)[C@H](C=O)CC[C@H]12. The van der Waals surface area contributed by atoms with Gasteiger partial charge in [-0.1, -0.05) is 13.0 Å². The zero-order valence-corrected chi connectivity index (χ0v) is 13.7. The van der Waals surface area contributed by atoms with E-state index in [0.717, 1.165) is 24.0 Å². The van der Waals surface area contributed by atoms with Gasteiger partial charge in [0.05, 0.1) is 7.11 Å². The predicted octanol–water partition coefficient (Wildman–Crippen LogP) is 4.37. The van der Waals surface area contributed by atoms with Gasteiger partial charge in [0.25, 0.3) is 0 Å². The van der Waals surface area contributed by atoms with Gasteiger partial charge in [-0.05, 0) is 85.0 Å². The first-order valence-corrected chi connectivity index (χ1v) is 8.79. The van der Waals surface area contributed by atoms with Crippen molar-refractivity contribution in [1.82, 2.24) is 0 Å². The molecule has 5 atom stereocenters. The van der Waals surface area contributed by atoms with Gasteiger partial charge in [-0.2, -0.15) is 0 Å². The number of aryl methyl sites for hydroxylation is 1. The van der Waals surface area contributed by atoms with Crippen LogP contribution in [0.3, 0.4) is 0 Å². The van der Waals surface area contributed by atoms with Crippen LogP contribution in [0.1, 0.15) is 56.1 Å². The minimum atomic E-state index is 0.271. The van der Waals surface area contributed by atoms with Crippen LogP contribution < -0.4 is 4.74 Å². The Labute approximate surface area is 133 Å². The summed E-state index contributed by atoms with van der Waals surface area (Å²) in [6.07, 6.45) is 8.55. The molecule has 1 aromatic rings. The third-order valence-electron chi connectivity index (χ3n) is 7.17. The fraction of sp³-hybridized carbons (Fsp3) is 0.650. The van der Waals surface area contributed by atoms with Gasteiger partial charge in [-0.15, -0.1) is 0 Å². The Hall–Kier alpha value is -1.31. The minimum Gasteiger partial charge on any atom is -0.497 e. The minimum absolute atomic E-state index is 0.271. The Morgan fingerprint density at radius 1 is 1.23 bits per heavy atom. The van der Waals surface area contributed by atoms with E-state index in [-0.39, 0.29) is 5.41 Å². The number of fused-ring (bicyclic) bond motifs is 5. The maximum Gasteiger partial charge on any atom is 0.123 e. The van der Waals surface area contributed by atoms with Crippen LogP contribution in [0.2, 0.25) is 0 Å². The van der Waals surface area contributed by atoms with E-state index >= 15 is 0 Å². The quantitative estimate of drug-likeness (QED) is 0.758. The molecule has 0 unspecified atom stereocenters. The molecule has 0 bridgehead atoms. The highest BCUT2D eigenvalue weighted by Gasteiger charge is 2.54. The summed E-state index contributed by atoms with van der Waals surface area (Å²) in [6, 6.07) is 6.67. The van der Waals surface area contributed by atoms with Gasteiger partial charge < -0.3 is 9.53 Å². The standard InChI is InChI=1S/C20H26O2/c1-20-10-9-17-16-7-5-15(22-2)11-13(16)3-6-18(17)19(20)8-4-14(20)12-21/h5,7,11-12,14,17-19H,3-4,6,8-10H2,1-2H3/t14-,17+,18+,19+,20+/m0/s1. The summed E-state index contributed by atoms with van der Waals surface area (Å²) in [5.74, 6) is 3.52. The molecule has 2 saturated carbocycles. The molecule has 0 heterocycles. The van der Waals surface area contributed by atoms with Crippen LogP contribution in [0.15, 0.2) is 18.2 Å². The van der Waals surface area contributed by atoms with Crippen LogP contribution in [0.4, 0.5) is 0 Å². The lowest BCUT2D eigenvalue weighted by Gasteiger charge is -2.50. The van der Waals surface area contributed by atoms with Crippen LogP contribution in [-0.2, 0) is 11.2 Å². The Balaban J connectivity index is 1.67. The Morgan fingerprint density at radius 3 is 2.86 bits per heavy atom. The Kier molecular flexibility index (Phi) is 3.32. The highest BCUT2D eigenvalue weighted by atomic mass is 16.5. The molecule has 0 aliphatic heterocycles. The molecule has 118 valence electrons. The van der Waals surface area contributed by atoms with Gasteiger partial charge in [-0.3, -0.25) is 0 Å². The van der Waals surface area contributed by atoms with Crippen LogP contribution in [0.5, 0.6) is 5.75 Å². The summed E-state index contributed by atoms with van der Waals surface area (Å²) < 4.78 is 5.39. The van der Waals surface area contributed by atoms with Gasteiger partial charge >= 0.3 is 0 Å². The van der Waals surface area contributed by atoms with Gasteiger partial charge in [0.1, 0.15) is 12.0 Å². The molecule has 2 fully saturated rings. The maximum absolute atomic E-state index is 11.5. The molecule has 3 aliphatic carbocycles. The third-order valence-corrected chi connectivity index (χ3v) is 7.17. The second kappa shape index (κ2) is 5.11. The molecular formula is C20H26O2. The normalized spacial score (nSPS) is 39.5. The topological polar surface area (TPSA) is 26.3 Å². The number of carbonyl (C=O) groups excluding carboxylic acids is 1. The van der Waals surface area contributed by atoms with E-state index in [1.165, 1.54) is 44.0 Å². The van der Waals surface area contributed by atoms with Gasteiger partial charge in [-0.25, -0.2) is 0 Å². The summed E-state index contributed by atoms with van der Waals surface area (Å²) in [4.78, 5) is 11.5. The van der Waals surface area contributed by atoms with E-state index in [4.69, 9.17) is 4.74 Å². The van der Waals surface area contributed by atoms with E-state index < -0.39 is 0 Å².